The number of hydrogen-bond acceptors (Lipinski definition) is 6. The number of rotatable bonds is 9. The van der Waals surface area contributed by atoms with Gasteiger partial charge < -0.3 is 14.0 Å². The second-order valence-corrected chi connectivity index (χ2v) is 18.1. The van der Waals surface area contributed by atoms with Crippen molar-refractivity contribution in [1.29, 1.82) is 0 Å². The lowest BCUT2D eigenvalue weighted by molar-refractivity contribution is 0.0338. The average Bonchev–Trinajstić information content (AvgIpc) is 2.99. The number of ether oxygens (including phenoxy) is 2. The molecule has 1 unspecified atom stereocenters. The van der Waals surface area contributed by atoms with Crippen LogP contribution in [0, 0.1) is 5.82 Å². The highest BCUT2D eigenvalue weighted by molar-refractivity contribution is 7.91. The van der Waals surface area contributed by atoms with Crippen LogP contribution in [0.4, 0.5) is 4.39 Å². The van der Waals surface area contributed by atoms with Crippen molar-refractivity contribution >= 4 is 42.2 Å². The quantitative estimate of drug-likeness (QED) is 0.154. The summed E-state index contributed by atoms with van der Waals surface area (Å²) in [4.78, 5) is 17.2. The van der Waals surface area contributed by atoms with Crippen LogP contribution < -0.4 is 0 Å². The van der Waals surface area contributed by atoms with Crippen molar-refractivity contribution in [1.82, 2.24) is 9.55 Å². The van der Waals surface area contributed by atoms with Crippen LogP contribution in [0.3, 0.4) is 0 Å². The van der Waals surface area contributed by atoms with Gasteiger partial charge in [0.2, 0.25) is 0 Å². The Morgan fingerprint density at radius 2 is 1.94 bits per heavy atom. The third-order valence-corrected chi connectivity index (χ3v) is 7.87. The third kappa shape index (κ3) is 7.63. The first-order valence-corrected chi connectivity index (χ1v) is 15.9. The van der Waals surface area contributed by atoms with Gasteiger partial charge in [-0.2, -0.15) is 0 Å². The Bertz CT molecular complexity index is 1030. The first kappa shape index (κ1) is 27.5. The molecular formula is C23H36FN3O4SSi. The molecule has 0 amide bonds. The number of pyridine rings is 1. The summed E-state index contributed by atoms with van der Waals surface area (Å²) >= 11 is -1.56. The normalized spacial score (nSPS) is 14.2. The summed E-state index contributed by atoms with van der Waals surface area (Å²) in [5.41, 5.74) is 0.835. The van der Waals surface area contributed by atoms with E-state index >= 15 is 0 Å². The van der Waals surface area contributed by atoms with Gasteiger partial charge in [0, 0.05) is 20.1 Å². The molecule has 0 fully saturated rings. The topological polar surface area (TPSA) is 88.8 Å². The molecule has 10 heteroatoms. The van der Waals surface area contributed by atoms with E-state index in [4.69, 9.17) is 9.47 Å². The third-order valence-electron chi connectivity index (χ3n) is 4.68. The Kier molecular flexibility index (Phi) is 8.89. The first-order chi connectivity index (χ1) is 15.1. The second-order valence-electron chi connectivity index (χ2n) is 10.5. The molecule has 0 aromatic carbocycles. The van der Waals surface area contributed by atoms with Gasteiger partial charge in [-0.25, -0.2) is 14.2 Å². The largest absolute Gasteiger partial charge is 0.591 e. The van der Waals surface area contributed by atoms with Crippen molar-refractivity contribution in [2.45, 2.75) is 84.8 Å². The fourth-order valence-corrected chi connectivity index (χ4v) is 4.19. The summed E-state index contributed by atoms with van der Waals surface area (Å²) in [7, 11) is -1.29. The minimum atomic E-state index is -1.56. The molecule has 1 atom stereocenters. The van der Waals surface area contributed by atoms with Gasteiger partial charge in [0.05, 0.1) is 6.10 Å². The van der Waals surface area contributed by atoms with Gasteiger partial charge in [0.25, 0.3) is 0 Å². The van der Waals surface area contributed by atoms with Crippen LogP contribution in [0.15, 0.2) is 16.5 Å². The summed E-state index contributed by atoms with van der Waals surface area (Å²) in [6.07, 6.45) is -0.307. The molecule has 0 radical (unpaired) electrons. The number of carbonyl (C=O) groups is 1. The molecule has 0 spiro atoms. The van der Waals surface area contributed by atoms with Crippen LogP contribution in [-0.2, 0) is 27.6 Å². The molecule has 2 heterocycles. The number of fused-ring (bicyclic) bond motifs is 1. The van der Waals surface area contributed by atoms with Gasteiger partial charge >= 0.3 is 5.97 Å². The lowest BCUT2D eigenvalue weighted by atomic mass is 10.2. The van der Waals surface area contributed by atoms with Gasteiger partial charge in [0.15, 0.2) is 5.82 Å². The summed E-state index contributed by atoms with van der Waals surface area (Å²) in [5.74, 6) is -1.13. The lowest BCUT2D eigenvalue weighted by Crippen LogP contribution is -2.27. The zero-order valence-electron chi connectivity index (χ0n) is 21.1. The minimum Gasteiger partial charge on any atom is -0.591 e. The monoisotopic (exact) mass is 497 g/mol. The van der Waals surface area contributed by atoms with E-state index in [1.54, 1.807) is 52.2 Å². The summed E-state index contributed by atoms with van der Waals surface area (Å²) < 4.78 is 43.8. The van der Waals surface area contributed by atoms with Gasteiger partial charge in [-0.15, -0.1) is 0 Å². The zero-order chi connectivity index (χ0) is 25.1. The van der Waals surface area contributed by atoms with Crippen molar-refractivity contribution in [2.75, 3.05) is 6.61 Å². The van der Waals surface area contributed by atoms with E-state index in [9.17, 15) is 13.7 Å². The molecule has 0 aliphatic carbocycles. The van der Waals surface area contributed by atoms with Crippen LogP contribution in [-0.4, -0.2) is 51.3 Å². The molecule has 2 rings (SSSR count). The molecule has 2 aromatic rings. The Morgan fingerprint density at radius 1 is 1.30 bits per heavy atom. The van der Waals surface area contributed by atoms with Crippen molar-refractivity contribution in [3.8, 4) is 0 Å². The van der Waals surface area contributed by atoms with Crippen molar-refractivity contribution in [2.24, 2.45) is 4.40 Å². The summed E-state index contributed by atoms with van der Waals surface area (Å²) in [6.45, 7) is 17.9. The smallest absolute Gasteiger partial charge is 0.355 e. The zero-order valence-corrected chi connectivity index (χ0v) is 22.9. The highest BCUT2D eigenvalue weighted by Gasteiger charge is 2.28. The van der Waals surface area contributed by atoms with Crippen LogP contribution in [0.5, 0.6) is 0 Å². The molecule has 33 heavy (non-hydrogen) atoms. The van der Waals surface area contributed by atoms with Crippen molar-refractivity contribution in [3.63, 3.8) is 0 Å². The van der Waals surface area contributed by atoms with Gasteiger partial charge in [0.1, 0.15) is 45.6 Å². The fourth-order valence-electron chi connectivity index (χ4n) is 2.82. The highest BCUT2D eigenvalue weighted by atomic mass is 32.2. The van der Waals surface area contributed by atoms with E-state index < -0.39 is 36.0 Å². The van der Waals surface area contributed by atoms with E-state index in [-0.39, 0.29) is 29.9 Å². The van der Waals surface area contributed by atoms with Gasteiger partial charge in [-0.05, 0) is 59.7 Å². The molecule has 7 nitrogen and oxygen atoms in total. The first-order valence-electron chi connectivity index (χ1n) is 11.1. The highest BCUT2D eigenvalue weighted by Crippen LogP contribution is 2.24. The molecular weight excluding hydrogens is 461 g/mol. The van der Waals surface area contributed by atoms with Crippen molar-refractivity contribution in [3.05, 3.63) is 29.3 Å². The van der Waals surface area contributed by atoms with Gasteiger partial charge in [-0.3, -0.25) is 4.57 Å². The van der Waals surface area contributed by atoms with Gasteiger partial charge in [-0.1, -0.05) is 24.0 Å². The van der Waals surface area contributed by atoms with E-state index in [2.05, 4.69) is 29.0 Å². The summed E-state index contributed by atoms with van der Waals surface area (Å²) in [5, 5.41) is 0.450. The Hall–Kier alpha value is -1.75. The number of esters is 1. The van der Waals surface area contributed by atoms with E-state index in [0.29, 0.717) is 17.6 Å². The Labute approximate surface area is 200 Å². The molecule has 0 N–H and O–H groups in total. The maximum absolute atomic E-state index is 14.9. The minimum absolute atomic E-state index is 0.00896. The molecule has 0 aliphatic heterocycles. The molecule has 2 aromatic heterocycles. The van der Waals surface area contributed by atoms with Crippen LogP contribution in [0.1, 0.15) is 57.7 Å². The second kappa shape index (κ2) is 10.7. The average molecular weight is 498 g/mol. The number of aromatic nitrogens is 2. The molecule has 0 saturated carbocycles. The number of nitrogens with zero attached hydrogens (tertiary/aromatic N) is 3. The van der Waals surface area contributed by atoms with Crippen molar-refractivity contribution < 1.29 is 23.2 Å². The summed E-state index contributed by atoms with van der Waals surface area (Å²) in [6, 6.07) is 3.83. The molecule has 184 valence electrons. The van der Waals surface area contributed by atoms with Crippen LogP contribution in [0.25, 0.3) is 11.0 Å². The Morgan fingerprint density at radius 3 is 2.48 bits per heavy atom. The maximum atomic E-state index is 14.9. The molecule has 0 saturated heterocycles. The lowest BCUT2D eigenvalue weighted by Gasteiger charge is -2.18. The standard InChI is InChI=1S/C23H36FN3O4SSi/c1-15(2)31-22(28)19-13-17-12-18(24)20(16(3)26-32(29)23(4,5)6)25-21(17)27(19)14-30-10-11-33(7,8)9/h12-13,15H,10-11,14H2,1-9H3. The Balaban J connectivity index is 2.51. The van der Waals surface area contributed by atoms with E-state index in [1.807, 2.05) is 0 Å². The SMILES string of the molecule is CC(=N[S+]([O-])C(C)(C)C)c1nc2c(cc1F)cc(C(=O)OC(C)C)n2COCC[Si](C)(C)C. The molecule has 0 aliphatic rings. The number of halogens is 1. The van der Waals surface area contributed by atoms with Crippen LogP contribution in [0.2, 0.25) is 25.7 Å². The number of hydrogen-bond donors (Lipinski definition) is 0. The fraction of sp³-hybridized carbons (Fsp3) is 0.609. The van der Waals surface area contributed by atoms with Crippen LogP contribution >= 0.6 is 0 Å². The maximum Gasteiger partial charge on any atom is 0.355 e. The van der Waals surface area contributed by atoms with E-state index in [0.717, 1.165) is 6.04 Å². The molecule has 0 bridgehead atoms. The van der Waals surface area contributed by atoms with E-state index in [1.165, 1.54) is 6.07 Å². The predicted molar refractivity (Wildman–Crippen MR) is 134 cm³/mol. The predicted octanol–water partition coefficient (Wildman–Crippen LogP) is 5.32. The number of carbonyl (C=O) groups excluding carboxylic acids is 1.